The molecule has 24 heteroatoms. The highest BCUT2D eigenvalue weighted by atomic mass is 35.5. The Morgan fingerprint density at radius 3 is 1.32 bits per heavy atom. The minimum Gasteiger partial charge on any atom is -0.368 e. The maximum Gasteiger partial charge on any atom is 0.287 e. The molecule has 0 radical (unpaired) electrons. The number of pyridine rings is 2. The van der Waals surface area contributed by atoms with Crippen LogP contribution in [0.15, 0.2) is 97.8 Å². The molecule has 0 unspecified atom stereocenters. The standard InChI is InChI=1S/C42H34Cl4N16O4/c1-23-17-51-39(55-23)31-21-53-41(57-37(31)29-7-3-25(43)15-33(29)45)59(13-11-47-35-9-5-27(19-49-35)61(63)64)60(14-12-48-36-10-6-28(20-50-36)62(65)66)42-54-22-32(40-52-18-24(2)56-40)38(58-42)30-8-4-26(44)16-34(30)46/h3-10,15-22H,11-14H2,1-2H3,(H,47,49)(H,48,50)(H,51,55)(H,52,56). The zero-order valence-corrected chi connectivity index (χ0v) is 37.6. The van der Waals surface area contributed by atoms with Gasteiger partial charge in [-0.3, -0.25) is 20.2 Å². The number of aromatic nitrogens is 10. The van der Waals surface area contributed by atoms with Gasteiger partial charge in [0, 0.05) is 71.2 Å². The molecule has 334 valence electrons. The van der Waals surface area contributed by atoms with Gasteiger partial charge < -0.3 is 20.6 Å². The number of rotatable bonds is 17. The fourth-order valence-corrected chi connectivity index (χ4v) is 7.65. The second kappa shape index (κ2) is 19.7. The molecule has 0 bridgehead atoms. The van der Waals surface area contributed by atoms with Gasteiger partial charge in [-0.25, -0.2) is 49.9 Å². The van der Waals surface area contributed by atoms with Crippen LogP contribution in [0.1, 0.15) is 11.4 Å². The highest BCUT2D eigenvalue weighted by molar-refractivity contribution is 6.37. The Bertz CT molecular complexity index is 2860. The smallest absolute Gasteiger partial charge is 0.287 e. The van der Waals surface area contributed by atoms with Crippen LogP contribution in [-0.4, -0.2) is 85.9 Å². The van der Waals surface area contributed by atoms with Crippen LogP contribution in [0.25, 0.3) is 45.3 Å². The highest BCUT2D eigenvalue weighted by Gasteiger charge is 2.27. The first-order chi connectivity index (χ1) is 31.8. The number of nitro groups is 2. The lowest BCUT2D eigenvalue weighted by Gasteiger charge is -2.35. The van der Waals surface area contributed by atoms with Crippen LogP contribution in [0.4, 0.5) is 34.9 Å². The van der Waals surface area contributed by atoms with Crippen LogP contribution < -0.4 is 20.7 Å². The lowest BCUT2D eigenvalue weighted by atomic mass is 10.1. The Kier molecular flexibility index (Phi) is 13.4. The van der Waals surface area contributed by atoms with E-state index in [0.717, 1.165) is 23.8 Å². The third kappa shape index (κ3) is 10.2. The molecule has 0 saturated carbocycles. The van der Waals surface area contributed by atoms with Gasteiger partial charge in [-0.15, -0.1) is 0 Å². The quantitative estimate of drug-likeness (QED) is 0.0489. The molecular formula is C42H34Cl4N16O4. The van der Waals surface area contributed by atoms with Crippen molar-refractivity contribution in [3.05, 3.63) is 150 Å². The molecule has 20 nitrogen and oxygen atoms in total. The van der Waals surface area contributed by atoms with Gasteiger partial charge in [-0.2, -0.15) is 0 Å². The predicted octanol–water partition coefficient (Wildman–Crippen LogP) is 9.67. The van der Waals surface area contributed by atoms with E-state index in [2.05, 4.69) is 40.5 Å². The van der Waals surface area contributed by atoms with Gasteiger partial charge >= 0.3 is 0 Å². The minimum atomic E-state index is -0.532. The number of benzene rings is 2. The number of hydrazine groups is 1. The van der Waals surface area contributed by atoms with Crippen molar-refractivity contribution in [1.29, 1.82) is 0 Å². The summed E-state index contributed by atoms with van der Waals surface area (Å²) in [6.45, 7) is 4.28. The van der Waals surface area contributed by atoms with Crippen molar-refractivity contribution in [2.24, 2.45) is 0 Å². The molecule has 66 heavy (non-hydrogen) atoms. The molecule has 0 aliphatic heterocycles. The fourth-order valence-electron chi connectivity index (χ4n) is 6.65. The van der Waals surface area contributed by atoms with Crippen molar-refractivity contribution in [3.63, 3.8) is 0 Å². The average Bonchev–Trinajstić information content (AvgIpc) is 3.94. The van der Waals surface area contributed by atoms with Gasteiger partial charge in [-0.1, -0.05) is 46.4 Å². The molecule has 0 saturated heterocycles. The summed E-state index contributed by atoms with van der Waals surface area (Å²) in [5.74, 6) is 2.04. The second-order valence-electron chi connectivity index (χ2n) is 14.3. The molecule has 2 aromatic carbocycles. The van der Waals surface area contributed by atoms with Crippen molar-refractivity contribution in [3.8, 4) is 45.3 Å². The van der Waals surface area contributed by atoms with Crippen LogP contribution in [-0.2, 0) is 0 Å². The van der Waals surface area contributed by atoms with Crippen molar-refractivity contribution >= 4 is 81.3 Å². The number of nitrogens with zero attached hydrogens (tertiary/aromatic N) is 12. The number of hydrogen-bond acceptors (Lipinski definition) is 16. The first-order valence-corrected chi connectivity index (χ1v) is 21.3. The Labute approximate surface area is 394 Å². The third-order valence-electron chi connectivity index (χ3n) is 9.78. The van der Waals surface area contributed by atoms with Gasteiger partial charge in [-0.05, 0) is 62.4 Å². The summed E-state index contributed by atoms with van der Waals surface area (Å²) in [5, 5.41) is 34.2. The fraction of sp³-hybridized carbons (Fsp3) is 0.143. The predicted molar refractivity (Wildman–Crippen MR) is 253 cm³/mol. The molecule has 6 aromatic heterocycles. The monoisotopic (exact) mass is 966 g/mol. The molecule has 0 aliphatic carbocycles. The van der Waals surface area contributed by atoms with Gasteiger partial charge in [0.1, 0.15) is 35.7 Å². The van der Waals surface area contributed by atoms with E-state index in [1.807, 2.05) is 13.8 Å². The van der Waals surface area contributed by atoms with E-state index >= 15 is 0 Å². The number of hydrogen-bond donors (Lipinski definition) is 4. The second-order valence-corrected chi connectivity index (χ2v) is 16.0. The number of aryl methyl sites for hydroxylation is 2. The van der Waals surface area contributed by atoms with E-state index in [4.69, 9.17) is 66.3 Å². The van der Waals surface area contributed by atoms with Crippen molar-refractivity contribution < 1.29 is 9.85 Å². The Balaban J connectivity index is 1.29. The molecule has 8 aromatic rings. The van der Waals surface area contributed by atoms with Crippen LogP contribution in [0.3, 0.4) is 0 Å². The Morgan fingerprint density at radius 1 is 0.561 bits per heavy atom. The van der Waals surface area contributed by atoms with E-state index in [1.54, 1.807) is 71.2 Å². The highest BCUT2D eigenvalue weighted by Crippen LogP contribution is 2.38. The number of nitrogens with one attached hydrogen (secondary N) is 4. The number of H-pyrrole nitrogens is 2. The number of aromatic amines is 2. The van der Waals surface area contributed by atoms with Crippen LogP contribution in [0, 0.1) is 34.1 Å². The van der Waals surface area contributed by atoms with Crippen LogP contribution in [0.2, 0.25) is 20.1 Å². The van der Waals surface area contributed by atoms with E-state index < -0.39 is 9.85 Å². The van der Waals surface area contributed by atoms with Gasteiger partial charge in [0.25, 0.3) is 11.4 Å². The SMILES string of the molecule is Cc1c[nH]c(-c2cnc(N(CCNc3ccc([N+](=O)[O-])cn3)N(CCNc3ccc([N+](=O)[O-])cn3)c3ncc(-c4nc(C)c[nH]4)c(-c4ccc(Cl)cc4Cl)n3)nc2-c2ccc(Cl)cc2Cl)n1. The van der Waals surface area contributed by atoms with Gasteiger partial charge in [0.05, 0.1) is 66.9 Å². The minimum absolute atomic E-state index is 0.112. The summed E-state index contributed by atoms with van der Waals surface area (Å²) in [6.07, 6.45) is 9.07. The third-order valence-corrected chi connectivity index (χ3v) is 10.9. The zero-order chi connectivity index (χ0) is 46.5. The van der Waals surface area contributed by atoms with Crippen molar-refractivity contribution in [1.82, 2.24) is 49.8 Å². The molecule has 0 aliphatic rings. The number of halogens is 4. The molecular weight excluding hydrogens is 934 g/mol. The number of imidazole rings is 2. The molecule has 4 N–H and O–H groups in total. The summed E-state index contributed by atoms with van der Waals surface area (Å²) in [6, 6.07) is 15.8. The first-order valence-electron chi connectivity index (χ1n) is 19.7. The van der Waals surface area contributed by atoms with E-state index in [9.17, 15) is 20.2 Å². The first kappa shape index (κ1) is 45.1. The van der Waals surface area contributed by atoms with Crippen molar-refractivity contribution in [2.45, 2.75) is 13.8 Å². The van der Waals surface area contributed by atoms with Crippen LogP contribution in [0.5, 0.6) is 0 Å². The summed E-state index contributed by atoms with van der Waals surface area (Å²) < 4.78 is 0. The summed E-state index contributed by atoms with van der Waals surface area (Å²) >= 11 is 26.4. The van der Waals surface area contributed by atoms with Gasteiger partial charge in [0.15, 0.2) is 0 Å². The maximum atomic E-state index is 11.4. The molecule has 6 heterocycles. The van der Waals surface area contributed by atoms with E-state index in [1.165, 1.54) is 24.3 Å². The normalized spacial score (nSPS) is 11.1. The Hall–Kier alpha value is -7.52. The molecule has 0 spiro atoms. The van der Waals surface area contributed by atoms with E-state index in [0.29, 0.717) is 77.0 Å². The molecule has 0 atom stereocenters. The zero-order valence-electron chi connectivity index (χ0n) is 34.6. The maximum absolute atomic E-state index is 11.4. The van der Waals surface area contributed by atoms with E-state index in [-0.39, 0.29) is 49.5 Å². The average molecular weight is 969 g/mol. The molecule has 0 fully saturated rings. The van der Waals surface area contributed by atoms with Gasteiger partial charge in [0.2, 0.25) is 11.9 Å². The van der Waals surface area contributed by atoms with Crippen molar-refractivity contribution in [2.75, 3.05) is 46.8 Å². The lowest BCUT2D eigenvalue weighted by molar-refractivity contribution is -0.385. The molecule has 8 rings (SSSR count). The lowest BCUT2D eigenvalue weighted by Crippen LogP contribution is -2.49. The Morgan fingerprint density at radius 2 is 0.985 bits per heavy atom. The summed E-state index contributed by atoms with van der Waals surface area (Å²) in [4.78, 5) is 65.9. The largest absolute Gasteiger partial charge is 0.368 e. The van der Waals surface area contributed by atoms with Crippen LogP contribution >= 0.6 is 46.4 Å². The topological polar surface area (TPSA) is 252 Å². The molecule has 0 amide bonds. The number of anilines is 4. The summed E-state index contributed by atoms with van der Waals surface area (Å²) in [7, 11) is 0. The summed E-state index contributed by atoms with van der Waals surface area (Å²) in [5.41, 5.74) is 4.11.